The minimum absolute atomic E-state index is 0.112. The Morgan fingerprint density at radius 2 is 2.11 bits per heavy atom. The van der Waals surface area contributed by atoms with Gasteiger partial charge < -0.3 is 15.4 Å². The van der Waals surface area contributed by atoms with Crippen molar-refractivity contribution in [3.05, 3.63) is 0 Å². The van der Waals surface area contributed by atoms with E-state index in [1.807, 2.05) is 13.8 Å². The van der Waals surface area contributed by atoms with Gasteiger partial charge in [-0.1, -0.05) is 13.8 Å². The van der Waals surface area contributed by atoms with Gasteiger partial charge in [-0.2, -0.15) is 0 Å². The summed E-state index contributed by atoms with van der Waals surface area (Å²) < 4.78 is 5.79. The smallest absolute Gasteiger partial charge is 0.237 e. The molecule has 2 N–H and O–H groups in total. The van der Waals surface area contributed by atoms with E-state index >= 15 is 0 Å². The number of ether oxygens (including phenoxy) is 1. The van der Waals surface area contributed by atoms with Crippen molar-refractivity contribution in [1.82, 2.24) is 10.6 Å². The molecule has 0 aliphatic heterocycles. The van der Waals surface area contributed by atoms with Crippen LogP contribution >= 0.6 is 0 Å². The summed E-state index contributed by atoms with van der Waals surface area (Å²) in [6, 6.07) is 0.708. The maximum Gasteiger partial charge on any atom is 0.237 e. The molecule has 4 atom stereocenters. The lowest BCUT2D eigenvalue weighted by molar-refractivity contribution is -0.135. The lowest BCUT2D eigenvalue weighted by atomic mass is 9.61. The fourth-order valence-corrected chi connectivity index (χ4v) is 2.94. The second kappa shape index (κ2) is 5.80. The first kappa shape index (κ1) is 14.8. The zero-order chi connectivity index (χ0) is 14.0. The van der Waals surface area contributed by atoms with Crippen LogP contribution in [-0.4, -0.2) is 36.7 Å². The molecule has 19 heavy (non-hydrogen) atoms. The van der Waals surface area contributed by atoms with E-state index in [4.69, 9.17) is 4.74 Å². The minimum Gasteiger partial charge on any atom is -0.378 e. The third-order valence-electron chi connectivity index (χ3n) is 4.88. The number of hydrogen-bond donors (Lipinski definition) is 2. The van der Waals surface area contributed by atoms with Gasteiger partial charge in [0, 0.05) is 24.1 Å². The van der Waals surface area contributed by atoms with Crippen molar-refractivity contribution >= 4 is 5.91 Å². The predicted octanol–water partition coefficient (Wildman–Crippen LogP) is 1.84. The molecule has 110 valence electrons. The maximum atomic E-state index is 12.0. The molecule has 2 saturated carbocycles. The highest BCUT2D eigenvalue weighted by atomic mass is 16.5. The summed E-state index contributed by atoms with van der Waals surface area (Å²) in [6.07, 6.45) is 4.70. The van der Waals surface area contributed by atoms with E-state index < -0.39 is 0 Å². The molecule has 1 amide bonds. The molecule has 2 aliphatic carbocycles. The number of hydrogen-bond acceptors (Lipinski definition) is 3. The van der Waals surface area contributed by atoms with Crippen LogP contribution in [0.2, 0.25) is 0 Å². The number of amides is 1. The van der Waals surface area contributed by atoms with Crippen LogP contribution in [0.25, 0.3) is 0 Å². The van der Waals surface area contributed by atoms with Crippen LogP contribution in [0.5, 0.6) is 0 Å². The molecule has 0 spiro atoms. The SMILES string of the molecule is CCOC1CC(NC(C)C(=O)NC2CC2)C1(C)CC. The van der Waals surface area contributed by atoms with Crippen molar-refractivity contribution in [3.8, 4) is 0 Å². The van der Waals surface area contributed by atoms with Crippen molar-refractivity contribution < 1.29 is 9.53 Å². The Kier molecular flexibility index (Phi) is 4.51. The first-order valence-corrected chi connectivity index (χ1v) is 7.69. The van der Waals surface area contributed by atoms with Crippen LogP contribution in [0.15, 0.2) is 0 Å². The Morgan fingerprint density at radius 3 is 2.63 bits per heavy atom. The van der Waals surface area contributed by atoms with E-state index in [9.17, 15) is 4.79 Å². The Morgan fingerprint density at radius 1 is 1.42 bits per heavy atom. The fraction of sp³-hybridized carbons (Fsp3) is 0.933. The Balaban J connectivity index is 1.83. The number of nitrogens with one attached hydrogen (secondary N) is 2. The third kappa shape index (κ3) is 3.11. The molecule has 2 rings (SSSR count). The summed E-state index contributed by atoms with van der Waals surface area (Å²) >= 11 is 0. The van der Waals surface area contributed by atoms with Gasteiger partial charge in [0.05, 0.1) is 12.1 Å². The van der Waals surface area contributed by atoms with Gasteiger partial charge in [-0.3, -0.25) is 4.79 Å². The normalized spacial score (nSPS) is 35.6. The van der Waals surface area contributed by atoms with Crippen LogP contribution in [0.3, 0.4) is 0 Å². The van der Waals surface area contributed by atoms with Crippen molar-refractivity contribution in [1.29, 1.82) is 0 Å². The molecule has 0 aromatic carbocycles. The molecule has 4 heteroatoms. The predicted molar refractivity (Wildman–Crippen MR) is 76.0 cm³/mol. The highest BCUT2D eigenvalue weighted by Gasteiger charge is 2.51. The second-order valence-corrected chi connectivity index (χ2v) is 6.26. The van der Waals surface area contributed by atoms with Crippen molar-refractivity contribution in [2.24, 2.45) is 5.41 Å². The van der Waals surface area contributed by atoms with Crippen molar-refractivity contribution in [2.45, 2.75) is 77.6 Å². The van der Waals surface area contributed by atoms with Crippen LogP contribution in [0.4, 0.5) is 0 Å². The van der Waals surface area contributed by atoms with Gasteiger partial charge >= 0.3 is 0 Å². The van der Waals surface area contributed by atoms with Crippen LogP contribution in [-0.2, 0) is 9.53 Å². The van der Waals surface area contributed by atoms with E-state index in [0.29, 0.717) is 18.2 Å². The largest absolute Gasteiger partial charge is 0.378 e. The molecule has 2 aliphatic rings. The molecule has 0 aromatic rings. The van der Waals surface area contributed by atoms with Crippen molar-refractivity contribution in [2.75, 3.05) is 6.61 Å². The van der Waals surface area contributed by atoms with Gasteiger partial charge in [0.25, 0.3) is 0 Å². The third-order valence-corrected chi connectivity index (χ3v) is 4.88. The van der Waals surface area contributed by atoms with Gasteiger partial charge in [0.2, 0.25) is 5.91 Å². The monoisotopic (exact) mass is 268 g/mol. The van der Waals surface area contributed by atoms with E-state index in [2.05, 4.69) is 24.5 Å². The van der Waals surface area contributed by atoms with Crippen molar-refractivity contribution in [3.63, 3.8) is 0 Å². The summed E-state index contributed by atoms with van der Waals surface area (Å²) in [4.78, 5) is 12.0. The second-order valence-electron chi connectivity index (χ2n) is 6.26. The summed E-state index contributed by atoms with van der Waals surface area (Å²) in [5.74, 6) is 0.140. The van der Waals surface area contributed by atoms with E-state index in [1.165, 1.54) is 0 Å². The first-order chi connectivity index (χ1) is 9.01. The molecule has 4 unspecified atom stereocenters. The Labute approximate surface area is 116 Å². The van der Waals surface area contributed by atoms with Gasteiger partial charge in [-0.25, -0.2) is 0 Å². The fourth-order valence-electron chi connectivity index (χ4n) is 2.94. The molecule has 0 bridgehead atoms. The Bertz CT molecular complexity index is 330. The summed E-state index contributed by atoms with van der Waals surface area (Å²) in [6.45, 7) is 9.24. The minimum atomic E-state index is -0.112. The maximum absolute atomic E-state index is 12.0. The molecular weight excluding hydrogens is 240 g/mol. The zero-order valence-electron chi connectivity index (χ0n) is 12.7. The lowest BCUT2D eigenvalue weighted by Crippen LogP contribution is -2.65. The van der Waals surface area contributed by atoms with Gasteiger partial charge in [0.15, 0.2) is 0 Å². The molecule has 0 aromatic heterocycles. The van der Waals surface area contributed by atoms with E-state index in [-0.39, 0.29) is 17.4 Å². The molecular formula is C15H28N2O2. The number of carbonyl (C=O) groups is 1. The van der Waals surface area contributed by atoms with Crippen LogP contribution < -0.4 is 10.6 Å². The van der Waals surface area contributed by atoms with Gasteiger partial charge in [-0.15, -0.1) is 0 Å². The molecule has 4 nitrogen and oxygen atoms in total. The Hall–Kier alpha value is -0.610. The number of carbonyl (C=O) groups excluding carboxylic acids is 1. The zero-order valence-corrected chi connectivity index (χ0v) is 12.7. The molecule has 2 fully saturated rings. The highest BCUT2D eigenvalue weighted by Crippen LogP contribution is 2.46. The lowest BCUT2D eigenvalue weighted by Gasteiger charge is -2.54. The van der Waals surface area contributed by atoms with Crippen LogP contribution in [0.1, 0.15) is 53.4 Å². The van der Waals surface area contributed by atoms with Gasteiger partial charge in [0.1, 0.15) is 0 Å². The van der Waals surface area contributed by atoms with Crippen LogP contribution in [0, 0.1) is 5.41 Å². The summed E-state index contributed by atoms with van der Waals surface area (Å²) in [7, 11) is 0. The van der Waals surface area contributed by atoms with E-state index in [1.54, 1.807) is 0 Å². The van der Waals surface area contributed by atoms with E-state index in [0.717, 1.165) is 32.3 Å². The topological polar surface area (TPSA) is 50.4 Å². The quantitative estimate of drug-likeness (QED) is 0.741. The molecule has 0 saturated heterocycles. The average Bonchev–Trinajstić information content (AvgIpc) is 3.20. The highest BCUT2D eigenvalue weighted by molar-refractivity contribution is 5.81. The molecule has 0 radical (unpaired) electrons. The summed E-state index contributed by atoms with van der Waals surface area (Å²) in [5, 5.41) is 6.54. The van der Waals surface area contributed by atoms with Gasteiger partial charge in [-0.05, 0) is 39.5 Å². The summed E-state index contributed by atoms with van der Waals surface area (Å²) in [5.41, 5.74) is 0.157. The standard InChI is InChI=1S/C15H28N2O2/c1-5-15(4)12(9-13(15)19-6-2)16-10(3)14(18)17-11-7-8-11/h10-13,16H,5-9H2,1-4H3,(H,17,18). The number of rotatable bonds is 7. The first-order valence-electron chi connectivity index (χ1n) is 7.69. The molecule has 0 heterocycles. The average molecular weight is 268 g/mol.